The van der Waals surface area contributed by atoms with Crippen LogP contribution in [-0.4, -0.2) is 15.9 Å². The van der Waals surface area contributed by atoms with Crippen molar-refractivity contribution in [1.29, 1.82) is 5.26 Å². The molecule has 5 nitrogen and oxygen atoms in total. The monoisotopic (exact) mass is 341 g/mol. The second kappa shape index (κ2) is 7.16. The molecule has 2 aromatic rings. The molecule has 1 N–H and O–H groups in total. The molecule has 122 valence electrons. The highest BCUT2D eigenvalue weighted by Gasteiger charge is 2.17. The van der Waals surface area contributed by atoms with E-state index in [0.717, 1.165) is 10.1 Å². The number of aryl methyl sites for hydroxylation is 1. The van der Waals surface area contributed by atoms with Crippen LogP contribution >= 0.6 is 11.6 Å². The van der Waals surface area contributed by atoms with E-state index in [1.807, 2.05) is 19.1 Å². The van der Waals surface area contributed by atoms with Gasteiger partial charge in [0.1, 0.15) is 11.6 Å². The number of hydrogen-bond donors (Lipinski definition) is 1. The van der Waals surface area contributed by atoms with Gasteiger partial charge in [-0.3, -0.25) is 14.4 Å². The number of halogens is 1. The third kappa shape index (κ3) is 3.24. The summed E-state index contributed by atoms with van der Waals surface area (Å²) >= 11 is 6.07. The van der Waals surface area contributed by atoms with E-state index in [2.05, 4.69) is 11.6 Å². The first-order valence-electron chi connectivity index (χ1n) is 7.18. The quantitative estimate of drug-likeness (QED) is 0.681. The van der Waals surface area contributed by atoms with Gasteiger partial charge in [0.25, 0.3) is 5.56 Å². The number of rotatable bonds is 4. The molecule has 0 aliphatic heterocycles. The first kappa shape index (κ1) is 17.5. The number of pyridine rings is 1. The summed E-state index contributed by atoms with van der Waals surface area (Å²) in [5, 5.41) is 20.2. The molecule has 0 aliphatic rings. The maximum absolute atomic E-state index is 12.2. The second-order valence-electron chi connectivity index (χ2n) is 5.25. The highest BCUT2D eigenvalue weighted by Crippen LogP contribution is 2.24. The molecular weight excluding hydrogens is 326 g/mol. The van der Waals surface area contributed by atoms with Crippen LogP contribution in [0.15, 0.2) is 40.6 Å². The molecule has 0 saturated carbocycles. The lowest BCUT2D eigenvalue weighted by molar-refractivity contribution is 0.414. The molecular formula is C18H16ClN3O2. The van der Waals surface area contributed by atoms with E-state index in [4.69, 9.17) is 11.6 Å². The lowest BCUT2D eigenvalue weighted by atomic mass is 10.1. The largest absolute Gasteiger partial charge is 0.494 e. The summed E-state index contributed by atoms with van der Waals surface area (Å²) in [5.74, 6) is -0.252. The number of aromatic hydroxyl groups is 1. The highest BCUT2D eigenvalue weighted by molar-refractivity contribution is 6.31. The van der Waals surface area contributed by atoms with E-state index in [1.165, 1.54) is 12.3 Å². The number of aliphatic imine (C=N–C) groups is 1. The molecule has 24 heavy (non-hydrogen) atoms. The molecule has 0 unspecified atom stereocenters. The van der Waals surface area contributed by atoms with Crippen molar-refractivity contribution in [1.82, 2.24) is 4.57 Å². The van der Waals surface area contributed by atoms with Crippen LogP contribution in [0, 0.1) is 25.2 Å². The van der Waals surface area contributed by atoms with Crippen molar-refractivity contribution in [3.63, 3.8) is 0 Å². The lowest BCUT2D eigenvalue weighted by Gasteiger charge is -2.12. The van der Waals surface area contributed by atoms with Crippen LogP contribution in [0.25, 0.3) is 0 Å². The first-order valence-corrected chi connectivity index (χ1v) is 7.56. The van der Waals surface area contributed by atoms with Crippen molar-refractivity contribution < 1.29 is 5.11 Å². The number of nitriles is 1. The summed E-state index contributed by atoms with van der Waals surface area (Å²) in [6.07, 6.45) is 2.89. The van der Waals surface area contributed by atoms with Crippen LogP contribution in [0.4, 0.5) is 5.69 Å². The van der Waals surface area contributed by atoms with Gasteiger partial charge >= 0.3 is 0 Å². The molecule has 0 fully saturated rings. The topological polar surface area (TPSA) is 78.4 Å². The van der Waals surface area contributed by atoms with Gasteiger partial charge in [-0.15, -0.1) is 6.58 Å². The summed E-state index contributed by atoms with van der Waals surface area (Å²) in [7, 11) is 0. The summed E-state index contributed by atoms with van der Waals surface area (Å²) in [4.78, 5) is 16.5. The van der Waals surface area contributed by atoms with E-state index in [-0.39, 0.29) is 18.0 Å². The zero-order valence-electron chi connectivity index (χ0n) is 13.4. The molecule has 1 aromatic heterocycles. The fraction of sp³-hybridized carbons (Fsp3) is 0.167. The number of benzene rings is 1. The summed E-state index contributed by atoms with van der Waals surface area (Å²) < 4.78 is 1.09. The highest BCUT2D eigenvalue weighted by atomic mass is 35.5. The van der Waals surface area contributed by atoms with Gasteiger partial charge in [-0.25, -0.2) is 0 Å². The van der Waals surface area contributed by atoms with Crippen molar-refractivity contribution in [2.45, 2.75) is 20.4 Å². The Bertz CT molecular complexity index is 937. The minimum atomic E-state index is -0.553. The molecule has 0 spiro atoms. The van der Waals surface area contributed by atoms with Gasteiger partial charge in [0.2, 0.25) is 5.88 Å². The van der Waals surface area contributed by atoms with Gasteiger partial charge in [0.05, 0.1) is 11.3 Å². The summed E-state index contributed by atoms with van der Waals surface area (Å²) in [6.45, 7) is 7.13. The Balaban J connectivity index is 2.61. The normalized spacial score (nSPS) is 10.8. The number of allylic oxidation sites excluding steroid dienone is 1. The van der Waals surface area contributed by atoms with Crippen molar-refractivity contribution >= 4 is 23.5 Å². The molecule has 0 amide bonds. The lowest BCUT2D eigenvalue weighted by Crippen LogP contribution is -2.24. The molecule has 2 rings (SSSR count). The van der Waals surface area contributed by atoms with Crippen molar-refractivity contribution in [2.75, 3.05) is 0 Å². The number of hydrogen-bond acceptors (Lipinski definition) is 4. The van der Waals surface area contributed by atoms with E-state index in [1.54, 1.807) is 19.1 Å². The van der Waals surface area contributed by atoms with Gasteiger partial charge in [0, 0.05) is 17.8 Å². The Labute approximate surface area is 144 Å². The average Bonchev–Trinajstić information content (AvgIpc) is 2.55. The second-order valence-corrected chi connectivity index (χ2v) is 5.65. The Kier molecular flexibility index (Phi) is 5.22. The molecule has 0 atom stereocenters. The van der Waals surface area contributed by atoms with E-state index < -0.39 is 5.56 Å². The fourth-order valence-corrected chi connectivity index (χ4v) is 2.40. The summed E-state index contributed by atoms with van der Waals surface area (Å²) in [5.41, 5.74) is 1.64. The average molecular weight is 342 g/mol. The number of nitrogens with zero attached hydrogens (tertiary/aromatic N) is 3. The van der Waals surface area contributed by atoms with Crippen molar-refractivity contribution in [2.24, 2.45) is 4.99 Å². The first-order chi connectivity index (χ1) is 11.4. The van der Waals surface area contributed by atoms with Crippen LogP contribution in [-0.2, 0) is 6.54 Å². The van der Waals surface area contributed by atoms with Crippen molar-refractivity contribution in [3.8, 4) is 11.9 Å². The fourth-order valence-electron chi connectivity index (χ4n) is 2.23. The van der Waals surface area contributed by atoms with Crippen LogP contribution in [0.2, 0.25) is 5.02 Å². The van der Waals surface area contributed by atoms with Gasteiger partial charge in [-0.1, -0.05) is 23.7 Å². The third-order valence-electron chi connectivity index (χ3n) is 3.66. The Morgan fingerprint density at radius 3 is 2.75 bits per heavy atom. The van der Waals surface area contributed by atoms with E-state index >= 15 is 0 Å². The molecule has 6 heteroatoms. The standard InChI is InChI=1S/C18H16ClN3O2/c1-4-7-22-17(23)14(9-20)12(3)15(18(22)24)10-21-13-6-5-11(2)16(19)8-13/h4-6,8,10,24H,1,7H2,2-3H3. The maximum atomic E-state index is 12.2. The summed E-state index contributed by atoms with van der Waals surface area (Å²) in [6, 6.07) is 7.20. The SMILES string of the molecule is C=CCn1c(O)c(C=Nc2ccc(C)c(Cl)c2)c(C)c(C#N)c1=O. The predicted octanol–water partition coefficient (Wildman–Crippen LogP) is 3.63. The molecule has 0 saturated heterocycles. The van der Waals surface area contributed by atoms with E-state index in [9.17, 15) is 15.2 Å². The predicted molar refractivity (Wildman–Crippen MR) is 95.5 cm³/mol. The van der Waals surface area contributed by atoms with Gasteiger partial charge in [0.15, 0.2) is 0 Å². The molecule has 0 bridgehead atoms. The smallest absolute Gasteiger partial charge is 0.271 e. The van der Waals surface area contributed by atoms with E-state index in [0.29, 0.717) is 21.8 Å². The zero-order chi connectivity index (χ0) is 17.9. The third-order valence-corrected chi connectivity index (χ3v) is 4.06. The van der Waals surface area contributed by atoms with Gasteiger partial charge in [-0.2, -0.15) is 5.26 Å². The van der Waals surface area contributed by atoms with Gasteiger partial charge in [-0.05, 0) is 37.1 Å². The van der Waals surface area contributed by atoms with Crippen molar-refractivity contribution in [3.05, 3.63) is 68.5 Å². The molecule has 0 radical (unpaired) electrons. The van der Waals surface area contributed by atoms with Gasteiger partial charge < -0.3 is 5.11 Å². The van der Waals surface area contributed by atoms with Crippen LogP contribution in [0.1, 0.15) is 22.3 Å². The minimum Gasteiger partial charge on any atom is -0.494 e. The van der Waals surface area contributed by atoms with Crippen LogP contribution in [0.3, 0.4) is 0 Å². The molecule has 0 aliphatic carbocycles. The Morgan fingerprint density at radius 1 is 1.46 bits per heavy atom. The minimum absolute atomic E-state index is 0.0296. The Hall–Kier alpha value is -2.84. The zero-order valence-corrected chi connectivity index (χ0v) is 14.1. The Morgan fingerprint density at radius 2 is 2.17 bits per heavy atom. The molecule has 1 aromatic carbocycles. The maximum Gasteiger partial charge on any atom is 0.271 e. The van der Waals surface area contributed by atoms with Crippen LogP contribution in [0.5, 0.6) is 5.88 Å². The van der Waals surface area contributed by atoms with Crippen LogP contribution < -0.4 is 5.56 Å². The number of aromatic nitrogens is 1. The molecule has 1 heterocycles.